The van der Waals surface area contributed by atoms with E-state index in [1.807, 2.05) is 6.92 Å². The molecule has 1 aromatic heterocycles. The molecule has 4 heteroatoms. The van der Waals surface area contributed by atoms with E-state index >= 15 is 0 Å². The van der Waals surface area contributed by atoms with Crippen LogP contribution in [0.5, 0.6) is 0 Å². The van der Waals surface area contributed by atoms with Crippen molar-refractivity contribution in [3.8, 4) is 0 Å². The number of halogens is 2. The summed E-state index contributed by atoms with van der Waals surface area (Å²) in [6.07, 6.45) is 3.19. The van der Waals surface area contributed by atoms with Gasteiger partial charge in [0, 0.05) is 12.4 Å². The Labute approximate surface area is 104 Å². The van der Waals surface area contributed by atoms with Gasteiger partial charge in [0.2, 0.25) is 0 Å². The van der Waals surface area contributed by atoms with Gasteiger partial charge in [0.05, 0.1) is 11.1 Å². The molecule has 2 nitrogen and oxygen atoms in total. The van der Waals surface area contributed by atoms with Crippen molar-refractivity contribution in [2.24, 2.45) is 5.73 Å². The van der Waals surface area contributed by atoms with Crippen LogP contribution in [0.3, 0.4) is 0 Å². The third kappa shape index (κ3) is 2.46. The highest BCUT2D eigenvalue weighted by molar-refractivity contribution is 6.31. The summed E-state index contributed by atoms with van der Waals surface area (Å²) in [5.74, 6) is -0.265. The number of hydrogen-bond donors (Lipinski definition) is 1. The molecule has 0 spiro atoms. The largest absolute Gasteiger partial charge is 0.320 e. The van der Waals surface area contributed by atoms with E-state index in [1.54, 1.807) is 24.5 Å². The second kappa shape index (κ2) is 4.82. The Morgan fingerprint density at radius 2 is 2.06 bits per heavy atom. The highest BCUT2D eigenvalue weighted by atomic mass is 35.5. The smallest absolute Gasteiger partial charge is 0.123 e. The number of nitrogens with zero attached hydrogens (tertiary/aromatic N) is 1. The van der Waals surface area contributed by atoms with Crippen LogP contribution in [-0.2, 0) is 0 Å². The van der Waals surface area contributed by atoms with Gasteiger partial charge in [-0.15, -0.1) is 0 Å². The van der Waals surface area contributed by atoms with Crippen molar-refractivity contribution in [1.82, 2.24) is 4.98 Å². The zero-order valence-corrected chi connectivity index (χ0v) is 10.1. The normalized spacial score (nSPS) is 12.5. The highest BCUT2D eigenvalue weighted by Gasteiger charge is 2.14. The maximum Gasteiger partial charge on any atom is 0.123 e. The molecule has 17 heavy (non-hydrogen) atoms. The molecule has 1 heterocycles. The molecule has 0 saturated carbocycles. The van der Waals surface area contributed by atoms with Gasteiger partial charge in [-0.1, -0.05) is 17.7 Å². The number of rotatable bonds is 2. The highest BCUT2D eigenvalue weighted by Crippen LogP contribution is 2.27. The van der Waals surface area contributed by atoms with E-state index in [1.165, 1.54) is 12.1 Å². The van der Waals surface area contributed by atoms with Crippen molar-refractivity contribution in [2.45, 2.75) is 13.0 Å². The van der Waals surface area contributed by atoms with Crippen molar-refractivity contribution in [2.75, 3.05) is 0 Å². The molecule has 2 aromatic rings. The van der Waals surface area contributed by atoms with Crippen LogP contribution in [0.4, 0.5) is 4.39 Å². The minimum Gasteiger partial charge on any atom is -0.320 e. The van der Waals surface area contributed by atoms with Crippen LogP contribution in [0.1, 0.15) is 22.7 Å². The maximum absolute atomic E-state index is 13.0. The average molecular weight is 251 g/mol. The molecule has 88 valence electrons. The minimum absolute atomic E-state index is 0.265. The summed E-state index contributed by atoms with van der Waals surface area (Å²) >= 11 is 6.04. The number of aryl methyl sites for hydroxylation is 1. The third-order valence-electron chi connectivity index (χ3n) is 2.71. The van der Waals surface area contributed by atoms with Gasteiger partial charge >= 0.3 is 0 Å². The minimum atomic E-state index is -0.369. The zero-order chi connectivity index (χ0) is 12.4. The lowest BCUT2D eigenvalue weighted by atomic mass is 9.96. The lowest BCUT2D eigenvalue weighted by molar-refractivity contribution is 0.624. The number of nitrogens with two attached hydrogens (primary N) is 1. The number of benzene rings is 1. The fraction of sp³-hybridized carbons (Fsp3) is 0.154. The summed E-state index contributed by atoms with van der Waals surface area (Å²) in [7, 11) is 0. The second-order valence-electron chi connectivity index (χ2n) is 3.88. The van der Waals surface area contributed by atoms with Crippen LogP contribution in [0.15, 0.2) is 36.7 Å². The Balaban J connectivity index is 2.44. The Morgan fingerprint density at radius 1 is 1.29 bits per heavy atom. The van der Waals surface area contributed by atoms with Gasteiger partial charge in [-0.05, 0) is 41.8 Å². The number of aromatic nitrogens is 1. The standard InChI is InChI=1S/C13H12ClFN2/c1-8-6-9(15)2-3-10(8)13(16)11-4-5-17-7-12(11)14/h2-7,13H,16H2,1H3. The van der Waals surface area contributed by atoms with Crippen molar-refractivity contribution in [3.63, 3.8) is 0 Å². The molecule has 2 rings (SSSR count). The molecule has 1 atom stereocenters. The molecule has 2 N–H and O–H groups in total. The molecule has 0 aliphatic rings. The quantitative estimate of drug-likeness (QED) is 0.889. The molecule has 0 aliphatic carbocycles. The fourth-order valence-electron chi connectivity index (χ4n) is 1.79. The molecule has 1 unspecified atom stereocenters. The lowest BCUT2D eigenvalue weighted by Gasteiger charge is -2.16. The molecule has 0 saturated heterocycles. The lowest BCUT2D eigenvalue weighted by Crippen LogP contribution is -2.14. The third-order valence-corrected chi connectivity index (χ3v) is 3.02. The molecule has 0 aliphatic heterocycles. The van der Waals surface area contributed by atoms with Gasteiger partial charge in [-0.2, -0.15) is 0 Å². The number of pyridine rings is 1. The van der Waals surface area contributed by atoms with E-state index in [2.05, 4.69) is 4.98 Å². The molecule has 0 bridgehead atoms. The summed E-state index contributed by atoms with van der Waals surface area (Å²) < 4.78 is 13.0. The SMILES string of the molecule is Cc1cc(F)ccc1C(N)c1ccncc1Cl. The van der Waals surface area contributed by atoms with E-state index in [4.69, 9.17) is 17.3 Å². The van der Waals surface area contributed by atoms with Crippen molar-refractivity contribution >= 4 is 11.6 Å². The Bertz CT molecular complexity index is 543. The molecule has 1 aromatic carbocycles. The molecule has 0 fully saturated rings. The van der Waals surface area contributed by atoms with Crippen molar-refractivity contribution in [3.05, 3.63) is 64.2 Å². The van der Waals surface area contributed by atoms with Gasteiger partial charge in [-0.25, -0.2) is 4.39 Å². The second-order valence-corrected chi connectivity index (χ2v) is 4.28. The molecule has 0 radical (unpaired) electrons. The Morgan fingerprint density at radius 3 is 2.71 bits per heavy atom. The number of hydrogen-bond acceptors (Lipinski definition) is 2. The first-order valence-electron chi connectivity index (χ1n) is 5.20. The summed E-state index contributed by atoms with van der Waals surface area (Å²) in [5.41, 5.74) is 8.59. The van der Waals surface area contributed by atoms with Crippen LogP contribution in [0.2, 0.25) is 5.02 Å². The Hall–Kier alpha value is -1.45. The summed E-state index contributed by atoms with van der Waals surface area (Å²) in [6.45, 7) is 1.83. The van der Waals surface area contributed by atoms with Crippen LogP contribution in [0, 0.1) is 12.7 Å². The first-order chi connectivity index (χ1) is 8.09. The van der Waals surface area contributed by atoms with E-state index < -0.39 is 0 Å². The summed E-state index contributed by atoms with van der Waals surface area (Å²) in [6, 6.07) is 5.95. The fourth-order valence-corrected chi connectivity index (χ4v) is 2.03. The van der Waals surface area contributed by atoms with Gasteiger partial charge in [0.25, 0.3) is 0 Å². The van der Waals surface area contributed by atoms with Crippen LogP contribution >= 0.6 is 11.6 Å². The topological polar surface area (TPSA) is 38.9 Å². The molecular weight excluding hydrogens is 239 g/mol. The van der Waals surface area contributed by atoms with Crippen LogP contribution in [0.25, 0.3) is 0 Å². The Kier molecular flexibility index (Phi) is 3.41. The molecule has 0 amide bonds. The summed E-state index contributed by atoms with van der Waals surface area (Å²) in [5, 5.41) is 0.517. The van der Waals surface area contributed by atoms with Crippen LogP contribution < -0.4 is 5.73 Å². The summed E-state index contributed by atoms with van der Waals surface area (Å²) in [4.78, 5) is 3.91. The van der Waals surface area contributed by atoms with Crippen molar-refractivity contribution < 1.29 is 4.39 Å². The average Bonchev–Trinajstić information content (AvgIpc) is 2.29. The predicted molar refractivity (Wildman–Crippen MR) is 66.4 cm³/mol. The van der Waals surface area contributed by atoms with Crippen LogP contribution in [-0.4, -0.2) is 4.98 Å². The zero-order valence-electron chi connectivity index (χ0n) is 9.32. The predicted octanol–water partition coefficient (Wildman–Crippen LogP) is 3.23. The molecular formula is C13H12ClFN2. The van der Waals surface area contributed by atoms with E-state index in [9.17, 15) is 4.39 Å². The first-order valence-corrected chi connectivity index (χ1v) is 5.58. The van der Waals surface area contributed by atoms with Gasteiger partial charge in [0.15, 0.2) is 0 Å². The van der Waals surface area contributed by atoms with E-state index in [0.29, 0.717) is 5.02 Å². The van der Waals surface area contributed by atoms with E-state index in [-0.39, 0.29) is 11.9 Å². The van der Waals surface area contributed by atoms with E-state index in [0.717, 1.165) is 16.7 Å². The maximum atomic E-state index is 13.0. The van der Waals surface area contributed by atoms with Gasteiger partial charge < -0.3 is 5.73 Å². The van der Waals surface area contributed by atoms with Crippen molar-refractivity contribution in [1.29, 1.82) is 0 Å². The monoisotopic (exact) mass is 250 g/mol. The van der Waals surface area contributed by atoms with Gasteiger partial charge in [-0.3, -0.25) is 4.98 Å². The first kappa shape index (κ1) is 12.0. The van der Waals surface area contributed by atoms with Gasteiger partial charge in [0.1, 0.15) is 5.82 Å².